The van der Waals surface area contributed by atoms with Crippen LogP contribution in [0, 0.1) is 11.3 Å². The smallest absolute Gasteiger partial charge is 0.387 e. The Hall–Kier alpha value is -1.81. The van der Waals surface area contributed by atoms with Crippen molar-refractivity contribution in [1.82, 2.24) is 0 Å². The highest BCUT2D eigenvalue weighted by Crippen LogP contribution is 2.30. The number of nitrogens with zero attached hydrogens (tertiary/aromatic N) is 1. The molecule has 1 rings (SSSR count). The van der Waals surface area contributed by atoms with E-state index in [4.69, 9.17) is 10.4 Å². The van der Waals surface area contributed by atoms with Gasteiger partial charge >= 0.3 is 12.6 Å². The molecule has 0 saturated heterocycles. The minimum absolute atomic E-state index is 0.0751. The van der Waals surface area contributed by atoms with Crippen LogP contribution in [0.1, 0.15) is 11.1 Å². The Balaban J connectivity index is 3.18. The van der Waals surface area contributed by atoms with E-state index in [9.17, 15) is 13.6 Å². The predicted molar refractivity (Wildman–Crippen MR) is 56.4 cm³/mol. The van der Waals surface area contributed by atoms with E-state index >= 15 is 0 Å². The first kappa shape index (κ1) is 13.3. The number of halogens is 2. The van der Waals surface area contributed by atoms with Gasteiger partial charge in [-0.05, 0) is 11.6 Å². The van der Waals surface area contributed by atoms with E-state index in [1.54, 1.807) is 6.07 Å². The zero-order valence-electron chi connectivity index (χ0n) is 8.35. The van der Waals surface area contributed by atoms with Crippen molar-refractivity contribution >= 4 is 18.6 Å². The highest BCUT2D eigenvalue weighted by molar-refractivity contribution is 7.80. The third-order valence-electron chi connectivity index (χ3n) is 1.90. The van der Waals surface area contributed by atoms with E-state index in [1.807, 2.05) is 0 Å². The molecular weight excluding hydrogens is 252 g/mol. The molecule has 0 bridgehead atoms. The standard InChI is InChI=1S/C10H7F2NO3S/c11-10(12)16-7-2-1-5(3-8(14)15)6(4-13)9(7)17/h1-2,10,17H,3H2,(H,14,15). The lowest BCUT2D eigenvalue weighted by molar-refractivity contribution is -0.136. The molecule has 0 saturated carbocycles. The van der Waals surface area contributed by atoms with Gasteiger partial charge in [0.2, 0.25) is 0 Å². The fourth-order valence-corrected chi connectivity index (χ4v) is 1.56. The summed E-state index contributed by atoms with van der Waals surface area (Å²) in [4.78, 5) is 10.4. The quantitative estimate of drug-likeness (QED) is 0.812. The monoisotopic (exact) mass is 259 g/mol. The van der Waals surface area contributed by atoms with Crippen molar-refractivity contribution < 1.29 is 23.4 Å². The lowest BCUT2D eigenvalue weighted by Crippen LogP contribution is -2.06. The summed E-state index contributed by atoms with van der Waals surface area (Å²) in [5.74, 6) is -1.38. The number of carbonyl (C=O) groups is 1. The van der Waals surface area contributed by atoms with Gasteiger partial charge in [0.1, 0.15) is 11.8 Å². The molecule has 0 aliphatic carbocycles. The van der Waals surface area contributed by atoms with Crippen LogP contribution in [-0.2, 0) is 11.2 Å². The van der Waals surface area contributed by atoms with Gasteiger partial charge in [0.15, 0.2) is 0 Å². The van der Waals surface area contributed by atoms with Crippen molar-refractivity contribution in [1.29, 1.82) is 5.26 Å². The van der Waals surface area contributed by atoms with Crippen LogP contribution in [0.2, 0.25) is 0 Å². The second-order valence-electron chi connectivity index (χ2n) is 3.01. The molecule has 0 fully saturated rings. The van der Waals surface area contributed by atoms with Crippen molar-refractivity contribution in [3.63, 3.8) is 0 Å². The molecule has 1 aromatic carbocycles. The van der Waals surface area contributed by atoms with E-state index in [0.717, 1.165) is 6.07 Å². The minimum atomic E-state index is -3.03. The van der Waals surface area contributed by atoms with E-state index in [2.05, 4.69) is 17.4 Å². The van der Waals surface area contributed by atoms with Crippen LogP contribution in [0.25, 0.3) is 0 Å². The maximum absolute atomic E-state index is 12.0. The molecule has 0 amide bonds. The zero-order chi connectivity index (χ0) is 13.0. The van der Waals surface area contributed by atoms with Gasteiger partial charge in [0, 0.05) is 0 Å². The average molecular weight is 259 g/mol. The van der Waals surface area contributed by atoms with Gasteiger partial charge in [0.05, 0.1) is 16.9 Å². The first-order valence-electron chi connectivity index (χ1n) is 4.37. The fraction of sp³-hybridized carbons (Fsp3) is 0.200. The second-order valence-corrected chi connectivity index (χ2v) is 3.45. The number of nitriles is 1. The number of hydrogen-bond acceptors (Lipinski definition) is 4. The predicted octanol–water partition coefficient (Wildman–Crippen LogP) is 2.08. The molecule has 1 N–H and O–H groups in total. The van der Waals surface area contributed by atoms with Crippen LogP contribution in [0.15, 0.2) is 17.0 Å². The summed E-state index contributed by atoms with van der Waals surface area (Å²) < 4.78 is 28.2. The normalized spacial score (nSPS) is 10.1. The Bertz CT molecular complexity index is 485. The second kappa shape index (κ2) is 5.50. The van der Waals surface area contributed by atoms with Crippen LogP contribution in [0.5, 0.6) is 5.75 Å². The molecule has 90 valence electrons. The SMILES string of the molecule is N#Cc1c(CC(=O)O)ccc(OC(F)F)c1S. The third-order valence-corrected chi connectivity index (χ3v) is 2.34. The van der Waals surface area contributed by atoms with E-state index in [1.165, 1.54) is 6.07 Å². The number of benzene rings is 1. The number of carboxylic acids is 1. The summed E-state index contributed by atoms with van der Waals surface area (Å²) in [5, 5.41) is 17.4. The molecule has 0 radical (unpaired) electrons. The van der Waals surface area contributed by atoms with Gasteiger partial charge in [-0.3, -0.25) is 4.79 Å². The molecule has 0 aliphatic heterocycles. The molecule has 4 nitrogen and oxygen atoms in total. The van der Waals surface area contributed by atoms with Crippen molar-refractivity contribution in [2.75, 3.05) is 0 Å². The summed E-state index contributed by atoms with van der Waals surface area (Å²) in [6.45, 7) is -3.03. The average Bonchev–Trinajstić information content (AvgIpc) is 2.21. The van der Waals surface area contributed by atoms with Crippen LogP contribution in [0.3, 0.4) is 0 Å². The van der Waals surface area contributed by atoms with Crippen LogP contribution in [0.4, 0.5) is 8.78 Å². The van der Waals surface area contributed by atoms with E-state index < -0.39 is 12.6 Å². The lowest BCUT2D eigenvalue weighted by atomic mass is 10.1. The molecular formula is C10H7F2NO3S. The molecule has 0 spiro atoms. The number of hydrogen-bond donors (Lipinski definition) is 2. The summed E-state index contributed by atoms with van der Waals surface area (Å²) >= 11 is 3.88. The maximum Gasteiger partial charge on any atom is 0.387 e. The van der Waals surface area contributed by atoms with Gasteiger partial charge in [0.25, 0.3) is 0 Å². The molecule has 0 aromatic heterocycles. The number of rotatable bonds is 4. The van der Waals surface area contributed by atoms with E-state index in [0.29, 0.717) is 0 Å². The fourth-order valence-electron chi connectivity index (χ4n) is 1.24. The number of aliphatic carboxylic acids is 1. The Kier molecular flexibility index (Phi) is 4.29. The zero-order valence-corrected chi connectivity index (χ0v) is 9.25. The Morgan fingerprint density at radius 2 is 2.24 bits per heavy atom. The van der Waals surface area contributed by atoms with Crippen molar-refractivity contribution in [2.24, 2.45) is 0 Å². The molecule has 7 heteroatoms. The molecule has 1 aromatic rings. The first-order chi connectivity index (χ1) is 7.95. The third kappa shape index (κ3) is 3.32. The van der Waals surface area contributed by atoms with Crippen molar-refractivity contribution in [2.45, 2.75) is 17.9 Å². The highest BCUT2D eigenvalue weighted by Gasteiger charge is 2.16. The Morgan fingerprint density at radius 1 is 1.59 bits per heavy atom. The first-order valence-corrected chi connectivity index (χ1v) is 4.82. The number of alkyl halides is 2. The topological polar surface area (TPSA) is 70.3 Å². The Morgan fingerprint density at radius 3 is 2.71 bits per heavy atom. The lowest BCUT2D eigenvalue weighted by Gasteiger charge is -2.10. The number of carboxylic acid groups (broad SMARTS) is 1. The number of thiol groups is 1. The number of ether oxygens (including phenoxy) is 1. The largest absolute Gasteiger partial charge is 0.481 e. The van der Waals surface area contributed by atoms with E-state index in [-0.39, 0.29) is 28.2 Å². The van der Waals surface area contributed by atoms with Gasteiger partial charge in [-0.25, -0.2) is 0 Å². The van der Waals surface area contributed by atoms with Gasteiger partial charge in [-0.1, -0.05) is 6.07 Å². The molecule has 0 aliphatic rings. The Labute approximate surface area is 101 Å². The minimum Gasteiger partial charge on any atom is -0.481 e. The summed E-state index contributed by atoms with van der Waals surface area (Å²) in [6, 6.07) is 4.13. The van der Waals surface area contributed by atoms with Gasteiger partial charge in [-0.2, -0.15) is 14.0 Å². The maximum atomic E-state index is 12.0. The molecule has 17 heavy (non-hydrogen) atoms. The highest BCUT2D eigenvalue weighted by atomic mass is 32.1. The molecule has 0 atom stereocenters. The van der Waals surface area contributed by atoms with Gasteiger partial charge in [-0.15, -0.1) is 12.6 Å². The van der Waals surface area contributed by atoms with Gasteiger partial charge < -0.3 is 9.84 Å². The summed E-state index contributed by atoms with van der Waals surface area (Å²) in [6.07, 6.45) is -0.384. The van der Waals surface area contributed by atoms with Crippen LogP contribution in [-0.4, -0.2) is 17.7 Å². The van der Waals surface area contributed by atoms with Crippen molar-refractivity contribution in [3.05, 3.63) is 23.3 Å². The summed E-state index contributed by atoms with van der Waals surface area (Å²) in [5.41, 5.74) is 0.125. The summed E-state index contributed by atoms with van der Waals surface area (Å²) in [7, 11) is 0. The van der Waals surface area contributed by atoms with Crippen molar-refractivity contribution in [3.8, 4) is 11.8 Å². The molecule has 0 heterocycles. The molecule has 0 unspecified atom stereocenters. The van der Waals surface area contributed by atoms with Crippen LogP contribution < -0.4 is 4.74 Å². The van der Waals surface area contributed by atoms with Crippen LogP contribution >= 0.6 is 12.6 Å².